The highest BCUT2D eigenvalue weighted by Crippen LogP contribution is 2.29. The summed E-state index contributed by atoms with van der Waals surface area (Å²) < 4.78 is 1.06. The van der Waals surface area contributed by atoms with Crippen molar-refractivity contribution in [2.75, 3.05) is 18.4 Å². The lowest BCUT2D eigenvalue weighted by Crippen LogP contribution is -2.28. The van der Waals surface area contributed by atoms with Crippen molar-refractivity contribution in [1.82, 2.24) is 4.90 Å². The van der Waals surface area contributed by atoms with Gasteiger partial charge < -0.3 is 4.90 Å². The van der Waals surface area contributed by atoms with E-state index >= 15 is 0 Å². The van der Waals surface area contributed by atoms with Crippen LogP contribution in [0.2, 0.25) is 0 Å². The van der Waals surface area contributed by atoms with Gasteiger partial charge in [0.25, 0.3) is 5.91 Å². The molecule has 1 aliphatic rings. The number of amides is 1. The number of hydrogen-bond donors (Lipinski definition) is 0. The van der Waals surface area contributed by atoms with Crippen LogP contribution in [0.4, 0.5) is 0 Å². The Morgan fingerprint density at radius 3 is 2.94 bits per heavy atom. The van der Waals surface area contributed by atoms with Crippen LogP contribution in [0.15, 0.2) is 9.85 Å². The van der Waals surface area contributed by atoms with E-state index in [1.807, 2.05) is 17.9 Å². The van der Waals surface area contributed by atoms with Crippen molar-refractivity contribution >= 4 is 49.1 Å². The van der Waals surface area contributed by atoms with Gasteiger partial charge in [-0.3, -0.25) is 4.79 Å². The van der Waals surface area contributed by atoms with Crippen molar-refractivity contribution in [3.05, 3.63) is 20.3 Å². The lowest BCUT2D eigenvalue weighted by atomic mass is 10.2. The molecule has 0 saturated carbocycles. The molecule has 1 saturated heterocycles. The molecule has 1 unspecified atom stereocenters. The number of carbonyl (C=O) groups is 1. The van der Waals surface area contributed by atoms with Crippen molar-refractivity contribution in [3.63, 3.8) is 0 Å². The molecule has 0 spiro atoms. The molecule has 1 aromatic heterocycles. The van der Waals surface area contributed by atoms with Crippen molar-refractivity contribution in [2.24, 2.45) is 5.92 Å². The monoisotopic (exact) mass is 365 g/mol. The summed E-state index contributed by atoms with van der Waals surface area (Å²) in [6, 6.07) is 1.97. The van der Waals surface area contributed by atoms with Gasteiger partial charge in [0.1, 0.15) is 0 Å². The fourth-order valence-corrected chi connectivity index (χ4v) is 3.90. The molecular weight excluding hydrogens is 354 g/mol. The van der Waals surface area contributed by atoms with Crippen LogP contribution >= 0.6 is 43.2 Å². The SMILES string of the molecule is Cc1cc(C(=O)N2CCC(CBr)C2)sc1Br. The zero-order chi connectivity index (χ0) is 11.7. The summed E-state index contributed by atoms with van der Waals surface area (Å²) in [6.07, 6.45) is 1.11. The number of alkyl halides is 1. The van der Waals surface area contributed by atoms with E-state index in [0.717, 1.165) is 39.1 Å². The largest absolute Gasteiger partial charge is 0.338 e. The van der Waals surface area contributed by atoms with Crippen LogP contribution in [-0.4, -0.2) is 29.2 Å². The van der Waals surface area contributed by atoms with Crippen LogP contribution in [0.5, 0.6) is 0 Å². The smallest absolute Gasteiger partial charge is 0.263 e. The molecule has 2 heterocycles. The maximum atomic E-state index is 12.2. The maximum absolute atomic E-state index is 12.2. The van der Waals surface area contributed by atoms with E-state index in [2.05, 4.69) is 31.9 Å². The average Bonchev–Trinajstić information content (AvgIpc) is 2.86. The van der Waals surface area contributed by atoms with Gasteiger partial charge in [-0.25, -0.2) is 0 Å². The van der Waals surface area contributed by atoms with Gasteiger partial charge >= 0.3 is 0 Å². The molecule has 0 N–H and O–H groups in total. The van der Waals surface area contributed by atoms with E-state index < -0.39 is 0 Å². The Morgan fingerprint density at radius 2 is 2.44 bits per heavy atom. The van der Waals surface area contributed by atoms with Gasteiger partial charge in [-0.1, -0.05) is 15.9 Å². The predicted octanol–water partition coefficient (Wildman–Crippen LogP) is 3.68. The Labute approximate surface area is 116 Å². The third kappa shape index (κ3) is 2.51. The van der Waals surface area contributed by atoms with E-state index in [0.29, 0.717) is 5.92 Å². The number of thiophene rings is 1. The first kappa shape index (κ1) is 12.6. The Morgan fingerprint density at radius 1 is 1.69 bits per heavy atom. The Kier molecular flexibility index (Phi) is 4.08. The van der Waals surface area contributed by atoms with Gasteiger partial charge in [0.15, 0.2) is 0 Å². The van der Waals surface area contributed by atoms with Crippen LogP contribution in [0.3, 0.4) is 0 Å². The molecule has 1 amide bonds. The molecule has 1 aromatic rings. The number of aryl methyl sites for hydroxylation is 1. The molecule has 0 aliphatic carbocycles. The average molecular weight is 367 g/mol. The van der Waals surface area contributed by atoms with Gasteiger partial charge in [0.05, 0.1) is 8.66 Å². The maximum Gasteiger partial charge on any atom is 0.263 e. The van der Waals surface area contributed by atoms with Gasteiger partial charge in [-0.2, -0.15) is 0 Å². The summed E-state index contributed by atoms with van der Waals surface area (Å²) in [5.41, 5.74) is 1.14. The molecule has 2 nitrogen and oxygen atoms in total. The molecule has 2 rings (SSSR count). The van der Waals surface area contributed by atoms with Gasteiger partial charge in [0, 0.05) is 18.4 Å². The summed E-state index contributed by atoms with van der Waals surface area (Å²) in [7, 11) is 0. The van der Waals surface area contributed by atoms with Crippen molar-refractivity contribution < 1.29 is 4.79 Å². The zero-order valence-corrected chi connectivity index (χ0v) is 13.0. The normalized spacial score (nSPS) is 20.4. The van der Waals surface area contributed by atoms with Crippen LogP contribution in [-0.2, 0) is 0 Å². The second-order valence-corrected chi connectivity index (χ2v) is 7.15. The molecule has 0 radical (unpaired) electrons. The highest BCUT2D eigenvalue weighted by Gasteiger charge is 2.27. The third-order valence-corrected chi connectivity index (χ3v) is 5.90. The minimum Gasteiger partial charge on any atom is -0.338 e. The van der Waals surface area contributed by atoms with Crippen molar-refractivity contribution in [3.8, 4) is 0 Å². The number of rotatable bonds is 2. The van der Waals surface area contributed by atoms with Crippen molar-refractivity contribution in [2.45, 2.75) is 13.3 Å². The highest BCUT2D eigenvalue weighted by atomic mass is 79.9. The molecule has 0 aromatic carbocycles. The predicted molar refractivity (Wildman–Crippen MR) is 74.6 cm³/mol. The first-order valence-electron chi connectivity index (χ1n) is 5.23. The molecule has 88 valence electrons. The van der Waals surface area contributed by atoms with Crippen LogP contribution in [0.25, 0.3) is 0 Å². The fraction of sp³-hybridized carbons (Fsp3) is 0.545. The first-order valence-corrected chi connectivity index (χ1v) is 7.96. The van der Waals surface area contributed by atoms with E-state index in [9.17, 15) is 4.79 Å². The minimum absolute atomic E-state index is 0.183. The summed E-state index contributed by atoms with van der Waals surface area (Å²) in [4.78, 5) is 15.0. The molecule has 1 aliphatic heterocycles. The molecule has 0 bridgehead atoms. The Hall–Kier alpha value is 0.130. The zero-order valence-electron chi connectivity index (χ0n) is 9.00. The lowest BCUT2D eigenvalue weighted by Gasteiger charge is -2.14. The van der Waals surface area contributed by atoms with E-state index in [1.54, 1.807) is 0 Å². The summed E-state index contributed by atoms with van der Waals surface area (Å²) >= 11 is 8.47. The molecule has 16 heavy (non-hydrogen) atoms. The molecule has 1 atom stereocenters. The van der Waals surface area contributed by atoms with Crippen molar-refractivity contribution in [1.29, 1.82) is 0 Å². The van der Waals surface area contributed by atoms with Gasteiger partial charge in [0.2, 0.25) is 0 Å². The highest BCUT2D eigenvalue weighted by molar-refractivity contribution is 9.11. The van der Waals surface area contributed by atoms with Crippen LogP contribution in [0.1, 0.15) is 21.7 Å². The van der Waals surface area contributed by atoms with E-state index in [1.165, 1.54) is 11.3 Å². The molecule has 5 heteroatoms. The first-order chi connectivity index (χ1) is 7.61. The Balaban J connectivity index is 2.08. The standard InChI is InChI=1S/C11H13Br2NOS/c1-7-4-9(16-10(7)13)11(15)14-3-2-8(5-12)6-14/h4,8H,2-3,5-6H2,1H3. The number of likely N-dealkylation sites (tertiary alicyclic amines) is 1. The second kappa shape index (κ2) is 5.19. The second-order valence-electron chi connectivity index (χ2n) is 4.13. The molecule has 1 fully saturated rings. The summed E-state index contributed by atoms with van der Waals surface area (Å²) in [6.45, 7) is 3.80. The van der Waals surface area contributed by atoms with E-state index in [4.69, 9.17) is 0 Å². The number of hydrogen-bond acceptors (Lipinski definition) is 2. The molecular formula is C11H13Br2NOS. The van der Waals surface area contributed by atoms with Crippen LogP contribution in [0, 0.1) is 12.8 Å². The quantitative estimate of drug-likeness (QED) is 0.731. The Bertz CT molecular complexity index is 385. The van der Waals surface area contributed by atoms with Crippen LogP contribution < -0.4 is 0 Å². The summed E-state index contributed by atoms with van der Waals surface area (Å²) in [5.74, 6) is 0.802. The number of halogens is 2. The summed E-state index contributed by atoms with van der Waals surface area (Å²) in [5, 5.41) is 0.990. The van der Waals surface area contributed by atoms with Gasteiger partial charge in [-0.15, -0.1) is 11.3 Å². The fourth-order valence-electron chi connectivity index (χ4n) is 1.86. The number of carbonyl (C=O) groups excluding carboxylic acids is 1. The third-order valence-electron chi connectivity index (χ3n) is 2.86. The van der Waals surface area contributed by atoms with Gasteiger partial charge in [-0.05, 0) is 46.8 Å². The minimum atomic E-state index is 0.183. The lowest BCUT2D eigenvalue weighted by molar-refractivity contribution is 0.0793. The van der Waals surface area contributed by atoms with E-state index in [-0.39, 0.29) is 5.91 Å². The number of nitrogens with zero attached hydrogens (tertiary/aromatic N) is 1. The topological polar surface area (TPSA) is 20.3 Å².